The first-order chi connectivity index (χ1) is 14.4. The molecule has 5 rings (SSSR count). The number of hydrogen-bond acceptors (Lipinski definition) is 4. The molecule has 1 heterocycles. The van der Waals surface area contributed by atoms with Gasteiger partial charge in [0, 0.05) is 11.6 Å². The Morgan fingerprint density at radius 3 is 2.48 bits per heavy atom. The van der Waals surface area contributed by atoms with E-state index in [0.717, 1.165) is 31.4 Å². The largest absolute Gasteiger partial charge is 0.278 e. The number of anilines is 2. The van der Waals surface area contributed by atoms with Gasteiger partial charge in [-0.05, 0) is 69.2 Å². The summed E-state index contributed by atoms with van der Waals surface area (Å²) in [6, 6.07) is 21.0. The maximum absolute atomic E-state index is 5.30. The zero-order valence-corrected chi connectivity index (χ0v) is 17.1. The topological polar surface area (TPSA) is 40.0 Å². The van der Waals surface area contributed by atoms with Crippen molar-refractivity contribution in [2.75, 3.05) is 10.4 Å². The predicted octanol–water partition coefficient (Wildman–Crippen LogP) is 6.22. The van der Waals surface area contributed by atoms with Crippen molar-refractivity contribution >= 4 is 22.8 Å². The van der Waals surface area contributed by atoms with Crippen molar-refractivity contribution in [2.45, 2.75) is 63.3 Å². The zero-order chi connectivity index (χ0) is 19.5. The van der Waals surface area contributed by atoms with E-state index in [1.807, 2.05) is 6.07 Å². The third-order valence-electron chi connectivity index (χ3n) is 6.81. The van der Waals surface area contributed by atoms with Gasteiger partial charge >= 0.3 is 0 Å². The van der Waals surface area contributed by atoms with Gasteiger partial charge in [-0.3, -0.25) is 10.4 Å². The standard InChI is InChI=1S/C25H30N4/c1-3-12-21(13-4-1)26-27-24-17-9-10-18-25(24)19-20-11-7-8-16-23(20)28-29(25)22-14-5-2-6-15-22/h1-6,12-15,20,26H,7-11,16-19H2/b27-24+/t20-,25+/m1/s1. The first-order valence-corrected chi connectivity index (χ1v) is 11.2. The number of para-hydroxylation sites is 2. The minimum absolute atomic E-state index is 0.104. The van der Waals surface area contributed by atoms with Crippen LogP contribution in [-0.2, 0) is 0 Å². The summed E-state index contributed by atoms with van der Waals surface area (Å²) in [5, 5.41) is 12.6. The molecule has 4 nitrogen and oxygen atoms in total. The highest BCUT2D eigenvalue weighted by atomic mass is 15.5. The number of hydrazone groups is 2. The summed E-state index contributed by atoms with van der Waals surface area (Å²) < 4.78 is 0. The molecule has 2 aliphatic carbocycles. The summed E-state index contributed by atoms with van der Waals surface area (Å²) in [6.45, 7) is 0. The molecule has 2 atom stereocenters. The van der Waals surface area contributed by atoms with Crippen LogP contribution in [0.3, 0.4) is 0 Å². The number of nitrogens with zero attached hydrogens (tertiary/aromatic N) is 3. The summed E-state index contributed by atoms with van der Waals surface area (Å²) in [6.07, 6.45) is 10.8. The second-order valence-electron chi connectivity index (χ2n) is 8.66. The lowest BCUT2D eigenvalue weighted by Gasteiger charge is -2.51. The van der Waals surface area contributed by atoms with E-state index in [9.17, 15) is 0 Å². The van der Waals surface area contributed by atoms with Gasteiger partial charge < -0.3 is 0 Å². The molecule has 4 heteroatoms. The first-order valence-electron chi connectivity index (χ1n) is 11.2. The number of nitrogens with one attached hydrogen (secondary N) is 1. The molecule has 2 saturated carbocycles. The number of fused-ring (bicyclic) bond motifs is 1. The fourth-order valence-corrected chi connectivity index (χ4v) is 5.35. The van der Waals surface area contributed by atoms with Gasteiger partial charge in [-0.15, -0.1) is 0 Å². The Balaban J connectivity index is 1.56. The first kappa shape index (κ1) is 18.4. The van der Waals surface area contributed by atoms with Crippen LogP contribution in [0.2, 0.25) is 0 Å². The summed E-state index contributed by atoms with van der Waals surface area (Å²) in [4.78, 5) is 0. The molecule has 3 aliphatic rings. The van der Waals surface area contributed by atoms with Gasteiger partial charge in [0.1, 0.15) is 5.54 Å². The molecule has 150 valence electrons. The minimum Gasteiger partial charge on any atom is -0.278 e. The highest BCUT2D eigenvalue weighted by Gasteiger charge is 2.49. The van der Waals surface area contributed by atoms with Gasteiger partial charge in [0.05, 0.1) is 17.1 Å². The molecule has 29 heavy (non-hydrogen) atoms. The molecule has 0 aromatic heterocycles. The smallest absolute Gasteiger partial charge is 0.104 e. The average molecular weight is 387 g/mol. The van der Waals surface area contributed by atoms with E-state index in [0.29, 0.717) is 5.92 Å². The van der Waals surface area contributed by atoms with Gasteiger partial charge in [0.2, 0.25) is 0 Å². The van der Waals surface area contributed by atoms with Crippen molar-refractivity contribution in [1.29, 1.82) is 0 Å². The van der Waals surface area contributed by atoms with Gasteiger partial charge in [-0.2, -0.15) is 10.2 Å². The lowest BCUT2D eigenvalue weighted by molar-refractivity contribution is 0.323. The van der Waals surface area contributed by atoms with Crippen LogP contribution >= 0.6 is 0 Å². The molecular weight excluding hydrogens is 356 g/mol. The summed E-state index contributed by atoms with van der Waals surface area (Å²) in [7, 11) is 0. The van der Waals surface area contributed by atoms with Crippen molar-refractivity contribution in [3.63, 3.8) is 0 Å². The molecule has 1 aliphatic heterocycles. The summed E-state index contributed by atoms with van der Waals surface area (Å²) >= 11 is 0. The third-order valence-corrected chi connectivity index (χ3v) is 6.81. The van der Waals surface area contributed by atoms with Crippen molar-refractivity contribution in [3.8, 4) is 0 Å². The van der Waals surface area contributed by atoms with E-state index in [2.05, 4.69) is 65.0 Å². The molecule has 0 amide bonds. The molecule has 1 spiro atoms. The number of benzene rings is 2. The molecular formula is C25H30N4. The highest BCUT2D eigenvalue weighted by Crippen LogP contribution is 2.45. The molecule has 0 saturated heterocycles. The van der Waals surface area contributed by atoms with Crippen LogP contribution in [-0.4, -0.2) is 17.0 Å². The fourth-order valence-electron chi connectivity index (χ4n) is 5.35. The maximum Gasteiger partial charge on any atom is 0.104 e. The van der Waals surface area contributed by atoms with Crippen LogP contribution in [0.4, 0.5) is 11.4 Å². The monoisotopic (exact) mass is 386 g/mol. The van der Waals surface area contributed by atoms with Crippen LogP contribution in [0.1, 0.15) is 57.8 Å². The van der Waals surface area contributed by atoms with E-state index < -0.39 is 0 Å². The third kappa shape index (κ3) is 3.57. The Morgan fingerprint density at radius 1 is 0.897 bits per heavy atom. The second kappa shape index (κ2) is 8.02. The molecule has 2 fully saturated rings. The van der Waals surface area contributed by atoms with Crippen LogP contribution in [0, 0.1) is 5.92 Å². The van der Waals surface area contributed by atoms with Crippen molar-refractivity contribution in [2.24, 2.45) is 16.1 Å². The Kier molecular flexibility index (Phi) is 5.09. The summed E-state index contributed by atoms with van der Waals surface area (Å²) in [5.74, 6) is 0.615. The van der Waals surface area contributed by atoms with Gasteiger partial charge in [-0.1, -0.05) is 49.2 Å². The number of hydrogen-bond donors (Lipinski definition) is 1. The fraction of sp³-hybridized carbons (Fsp3) is 0.440. The second-order valence-corrected chi connectivity index (χ2v) is 8.66. The van der Waals surface area contributed by atoms with Crippen LogP contribution in [0.25, 0.3) is 0 Å². The van der Waals surface area contributed by atoms with Gasteiger partial charge in [-0.25, -0.2) is 0 Å². The van der Waals surface area contributed by atoms with E-state index in [-0.39, 0.29) is 5.54 Å². The van der Waals surface area contributed by atoms with Crippen LogP contribution in [0.5, 0.6) is 0 Å². The minimum atomic E-state index is -0.104. The van der Waals surface area contributed by atoms with Crippen LogP contribution in [0.15, 0.2) is 70.9 Å². The van der Waals surface area contributed by atoms with Gasteiger partial charge in [0.25, 0.3) is 0 Å². The lowest BCUT2D eigenvalue weighted by Crippen LogP contribution is -2.59. The van der Waals surface area contributed by atoms with E-state index in [1.165, 1.54) is 49.2 Å². The SMILES string of the molecule is c1ccc(N/N=C2\CCCC[C@]23C[C@H]2CCCCC2=NN3c2ccccc2)cc1. The molecule has 0 radical (unpaired) electrons. The Morgan fingerprint density at radius 2 is 1.66 bits per heavy atom. The summed E-state index contributed by atoms with van der Waals surface area (Å²) in [5.41, 5.74) is 8.15. The van der Waals surface area contributed by atoms with Gasteiger partial charge in [0.15, 0.2) is 0 Å². The highest BCUT2D eigenvalue weighted by molar-refractivity contribution is 6.01. The molecule has 2 aromatic rings. The normalized spacial score (nSPS) is 28.1. The molecule has 1 N–H and O–H groups in total. The zero-order valence-electron chi connectivity index (χ0n) is 17.1. The molecule has 0 unspecified atom stereocenters. The molecule has 0 bridgehead atoms. The van der Waals surface area contributed by atoms with E-state index in [1.54, 1.807) is 0 Å². The van der Waals surface area contributed by atoms with E-state index >= 15 is 0 Å². The average Bonchev–Trinajstić information content (AvgIpc) is 2.79. The van der Waals surface area contributed by atoms with Crippen molar-refractivity contribution < 1.29 is 0 Å². The molecule has 2 aromatic carbocycles. The Labute approximate surface area is 173 Å². The lowest BCUT2D eigenvalue weighted by atomic mass is 9.69. The Hall–Kier alpha value is -2.62. The number of rotatable bonds is 3. The quantitative estimate of drug-likeness (QED) is 0.636. The van der Waals surface area contributed by atoms with Crippen LogP contribution < -0.4 is 10.4 Å². The Bertz CT molecular complexity index is 890. The van der Waals surface area contributed by atoms with Crippen molar-refractivity contribution in [3.05, 3.63) is 60.7 Å². The van der Waals surface area contributed by atoms with E-state index in [4.69, 9.17) is 10.2 Å². The van der Waals surface area contributed by atoms with Crippen molar-refractivity contribution in [1.82, 2.24) is 0 Å². The maximum atomic E-state index is 5.30. The predicted molar refractivity (Wildman–Crippen MR) is 122 cm³/mol.